The van der Waals surface area contributed by atoms with Crippen molar-refractivity contribution in [2.75, 3.05) is 0 Å². The number of hydrogen-bond donors (Lipinski definition) is 0. The fourth-order valence-corrected chi connectivity index (χ4v) is 2.49. The van der Waals surface area contributed by atoms with Crippen LogP contribution in [0.5, 0.6) is 0 Å². The van der Waals surface area contributed by atoms with Gasteiger partial charge >= 0.3 is 0 Å². The van der Waals surface area contributed by atoms with Crippen molar-refractivity contribution in [1.82, 2.24) is 0 Å². The maximum absolute atomic E-state index is 3.83. The van der Waals surface area contributed by atoms with Gasteiger partial charge in [-0.1, -0.05) is 81.6 Å². The highest BCUT2D eigenvalue weighted by atomic mass is 14.1. The fraction of sp³-hybridized carbons (Fsp3) is 0.158. The third kappa shape index (κ3) is 2.53. The van der Waals surface area contributed by atoms with Gasteiger partial charge in [0.15, 0.2) is 0 Å². The molecule has 0 saturated carbocycles. The van der Waals surface area contributed by atoms with Crippen molar-refractivity contribution in [3.05, 3.63) is 71.6 Å². The molecule has 0 heteroatoms. The molecule has 2 aromatic carbocycles. The number of rotatable bonds is 3. The quantitative estimate of drug-likeness (QED) is 0.773. The average Bonchev–Trinajstić information content (AvgIpc) is 2.41. The number of hydrogen-bond acceptors (Lipinski definition) is 0. The molecule has 0 atom stereocenters. The zero-order chi connectivity index (χ0) is 13.8. The van der Waals surface area contributed by atoms with Crippen LogP contribution < -0.4 is 10.4 Å². The molecule has 0 unspecified atom stereocenters. The topological polar surface area (TPSA) is 0 Å². The largest absolute Gasteiger partial charge is 0.0990 e. The summed E-state index contributed by atoms with van der Waals surface area (Å²) >= 11 is 0. The van der Waals surface area contributed by atoms with Crippen molar-refractivity contribution < 1.29 is 0 Å². The van der Waals surface area contributed by atoms with Gasteiger partial charge < -0.3 is 0 Å². The molecule has 0 radical (unpaired) electrons. The number of allylic oxidation sites excluding steroid dienone is 2. The molecule has 0 amide bonds. The van der Waals surface area contributed by atoms with Gasteiger partial charge in [-0.3, -0.25) is 0 Å². The maximum atomic E-state index is 3.83. The van der Waals surface area contributed by atoms with E-state index in [1.807, 2.05) is 12.2 Å². The Morgan fingerprint density at radius 2 is 1.58 bits per heavy atom. The second kappa shape index (κ2) is 5.71. The molecular formula is C19H20. The van der Waals surface area contributed by atoms with E-state index < -0.39 is 0 Å². The van der Waals surface area contributed by atoms with Crippen LogP contribution in [0.25, 0.3) is 22.9 Å². The van der Waals surface area contributed by atoms with Gasteiger partial charge in [-0.25, -0.2) is 0 Å². The van der Waals surface area contributed by atoms with Gasteiger partial charge in [0.2, 0.25) is 0 Å². The van der Waals surface area contributed by atoms with E-state index in [-0.39, 0.29) is 0 Å². The molecule has 0 fully saturated rings. The monoisotopic (exact) mass is 248 g/mol. The highest BCUT2D eigenvalue weighted by Gasteiger charge is 2.06. The Bertz CT molecular complexity index is 730. The van der Waals surface area contributed by atoms with E-state index in [4.69, 9.17) is 0 Å². The lowest BCUT2D eigenvalue weighted by Gasteiger charge is -2.11. The van der Waals surface area contributed by atoms with Crippen LogP contribution in [-0.4, -0.2) is 0 Å². The Morgan fingerprint density at radius 3 is 2.16 bits per heavy atom. The molecule has 2 aromatic rings. The summed E-state index contributed by atoms with van der Waals surface area (Å²) in [5.41, 5.74) is 1.38. The molecule has 0 aliphatic carbocycles. The first-order chi connectivity index (χ1) is 9.19. The van der Waals surface area contributed by atoms with Crippen LogP contribution in [0, 0.1) is 0 Å². The summed E-state index contributed by atoms with van der Waals surface area (Å²) in [5, 5.41) is 5.03. The van der Waals surface area contributed by atoms with Crippen LogP contribution in [0.4, 0.5) is 0 Å². The highest BCUT2D eigenvalue weighted by Crippen LogP contribution is 2.21. The minimum atomic E-state index is 0.500. The van der Waals surface area contributed by atoms with Crippen molar-refractivity contribution in [2.24, 2.45) is 0 Å². The van der Waals surface area contributed by atoms with E-state index in [1.165, 1.54) is 26.8 Å². The zero-order valence-electron chi connectivity index (χ0n) is 11.7. The third-order valence-electron chi connectivity index (χ3n) is 3.35. The maximum Gasteiger partial charge on any atom is -0.0103 e. The third-order valence-corrected chi connectivity index (χ3v) is 3.35. The van der Waals surface area contributed by atoms with Gasteiger partial charge in [-0.2, -0.15) is 0 Å². The molecule has 0 bridgehead atoms. The average molecular weight is 248 g/mol. The van der Waals surface area contributed by atoms with Crippen LogP contribution >= 0.6 is 0 Å². The van der Waals surface area contributed by atoms with Crippen molar-refractivity contribution in [3.63, 3.8) is 0 Å². The summed E-state index contributed by atoms with van der Waals surface area (Å²) < 4.78 is 0. The summed E-state index contributed by atoms with van der Waals surface area (Å²) in [5.74, 6) is 0.500. The van der Waals surface area contributed by atoms with E-state index in [9.17, 15) is 0 Å². The normalized spacial score (nSPS) is 13.2. The Kier molecular flexibility index (Phi) is 4.01. The van der Waals surface area contributed by atoms with E-state index in [1.54, 1.807) is 0 Å². The summed E-state index contributed by atoms with van der Waals surface area (Å²) in [6, 6.07) is 10.8. The van der Waals surface area contributed by atoms with Gasteiger partial charge in [-0.05, 0) is 32.7 Å². The minimum absolute atomic E-state index is 0.500. The van der Waals surface area contributed by atoms with Crippen molar-refractivity contribution in [3.8, 4) is 0 Å². The molecule has 0 aromatic heterocycles. The van der Waals surface area contributed by atoms with E-state index in [0.29, 0.717) is 5.92 Å². The van der Waals surface area contributed by atoms with Crippen molar-refractivity contribution in [2.45, 2.75) is 19.8 Å². The van der Waals surface area contributed by atoms with Crippen LogP contribution in [0.15, 0.2) is 55.6 Å². The molecule has 0 saturated heterocycles. The van der Waals surface area contributed by atoms with Crippen LogP contribution in [0.3, 0.4) is 0 Å². The smallest absolute Gasteiger partial charge is 0.0103 e. The first-order valence-corrected chi connectivity index (χ1v) is 6.66. The lowest BCUT2D eigenvalue weighted by atomic mass is 9.93. The van der Waals surface area contributed by atoms with Crippen molar-refractivity contribution >= 4 is 22.9 Å². The van der Waals surface area contributed by atoms with Gasteiger partial charge in [0, 0.05) is 0 Å². The predicted octanol–water partition coefficient (Wildman–Crippen LogP) is 3.90. The summed E-state index contributed by atoms with van der Waals surface area (Å²) in [6.45, 7) is 12.1. The minimum Gasteiger partial charge on any atom is -0.0990 e. The first-order valence-electron chi connectivity index (χ1n) is 6.66. The van der Waals surface area contributed by atoms with E-state index >= 15 is 0 Å². The molecule has 0 heterocycles. The van der Waals surface area contributed by atoms with Gasteiger partial charge in [0.05, 0.1) is 0 Å². The zero-order valence-corrected chi connectivity index (χ0v) is 11.7. The molecule has 96 valence electrons. The molecule has 2 rings (SSSR count). The number of fused-ring (bicyclic) bond motifs is 1. The first kappa shape index (κ1) is 13.4. The summed E-state index contributed by atoms with van der Waals surface area (Å²) in [4.78, 5) is 0. The number of benzene rings is 2. The Balaban J connectivity index is 3.08. The van der Waals surface area contributed by atoms with Gasteiger partial charge in [0.25, 0.3) is 0 Å². The Morgan fingerprint density at radius 1 is 0.947 bits per heavy atom. The summed E-state index contributed by atoms with van der Waals surface area (Å²) in [6.07, 6.45) is 7.82. The van der Waals surface area contributed by atoms with E-state index in [0.717, 1.165) is 0 Å². The lowest BCUT2D eigenvalue weighted by molar-refractivity contribution is 0.875. The van der Waals surface area contributed by atoms with E-state index in [2.05, 4.69) is 69.5 Å². The van der Waals surface area contributed by atoms with Gasteiger partial charge in [-0.15, -0.1) is 0 Å². The molecular weight excluding hydrogens is 228 g/mol. The summed E-state index contributed by atoms with van der Waals surface area (Å²) in [7, 11) is 0. The second-order valence-corrected chi connectivity index (χ2v) is 4.97. The second-order valence-electron chi connectivity index (χ2n) is 4.97. The fourth-order valence-electron chi connectivity index (χ4n) is 2.49. The Labute approximate surface area is 115 Å². The SMILES string of the molecule is C=C/C=c1/cc(C(C)C)c2ccccc2/c1=C/C=C. The Hall–Kier alpha value is -2.08. The molecule has 19 heavy (non-hydrogen) atoms. The molecule has 0 spiro atoms. The molecule has 0 N–H and O–H groups in total. The highest BCUT2D eigenvalue weighted by molar-refractivity contribution is 5.88. The lowest BCUT2D eigenvalue weighted by Crippen LogP contribution is -2.26. The molecule has 0 aliphatic heterocycles. The molecule has 0 aliphatic rings. The van der Waals surface area contributed by atoms with Crippen molar-refractivity contribution in [1.29, 1.82) is 0 Å². The van der Waals surface area contributed by atoms with Crippen LogP contribution in [0.2, 0.25) is 0 Å². The van der Waals surface area contributed by atoms with Gasteiger partial charge in [0.1, 0.15) is 0 Å². The van der Waals surface area contributed by atoms with Crippen LogP contribution in [-0.2, 0) is 0 Å². The predicted molar refractivity (Wildman–Crippen MR) is 86.6 cm³/mol. The molecule has 0 nitrogen and oxygen atoms in total. The van der Waals surface area contributed by atoms with Crippen LogP contribution in [0.1, 0.15) is 25.3 Å². The standard InChI is InChI=1S/C19H20/c1-5-9-15-13-19(14(3)4)18-12-8-7-11-17(18)16(15)10-6-2/h5-14H,1-2H2,3-4H3/b15-9-,16-10+.